The zero-order valence-corrected chi connectivity index (χ0v) is 14.7. The smallest absolute Gasteiger partial charge is 0.313 e. The van der Waals surface area contributed by atoms with E-state index in [1.807, 2.05) is 6.92 Å². The Labute approximate surface area is 147 Å². The number of β-amino-alcohol motifs (C(OH)–C–C–N with tert-alkyl or cyclic N) is 1. The van der Waals surface area contributed by atoms with Gasteiger partial charge in [-0.25, -0.2) is 9.97 Å². The van der Waals surface area contributed by atoms with Crippen LogP contribution in [0.4, 0.5) is 5.95 Å². The Morgan fingerprint density at radius 1 is 1.32 bits per heavy atom. The number of anilines is 1. The van der Waals surface area contributed by atoms with Gasteiger partial charge in [-0.1, -0.05) is 6.42 Å². The zero-order chi connectivity index (χ0) is 17.6. The second kappa shape index (κ2) is 6.21. The molecular formula is C18H26N4O3. The van der Waals surface area contributed by atoms with Gasteiger partial charge >= 0.3 is 5.97 Å². The van der Waals surface area contributed by atoms with Crippen LogP contribution in [0.15, 0.2) is 6.07 Å². The molecule has 1 saturated carbocycles. The highest BCUT2D eigenvalue weighted by atomic mass is 16.4. The van der Waals surface area contributed by atoms with Crippen LogP contribution in [-0.2, 0) is 4.79 Å². The summed E-state index contributed by atoms with van der Waals surface area (Å²) in [6.07, 6.45) is 3.64. The third kappa shape index (κ3) is 2.79. The Bertz CT molecular complexity index is 678. The van der Waals surface area contributed by atoms with Crippen molar-refractivity contribution in [2.45, 2.75) is 32.1 Å². The molecule has 0 aromatic carbocycles. The van der Waals surface area contributed by atoms with Crippen LogP contribution in [0.2, 0.25) is 0 Å². The van der Waals surface area contributed by atoms with Crippen LogP contribution in [0.1, 0.15) is 36.6 Å². The summed E-state index contributed by atoms with van der Waals surface area (Å²) in [7, 11) is 0. The van der Waals surface area contributed by atoms with Gasteiger partial charge in [0.25, 0.3) is 0 Å². The Morgan fingerprint density at radius 3 is 2.72 bits per heavy atom. The van der Waals surface area contributed by atoms with Crippen LogP contribution >= 0.6 is 0 Å². The number of carbonyl (C=O) groups is 1. The van der Waals surface area contributed by atoms with Gasteiger partial charge in [0.2, 0.25) is 5.95 Å². The Morgan fingerprint density at radius 2 is 2.12 bits per heavy atom. The number of hydrogen-bond donors (Lipinski definition) is 2. The third-order valence-electron chi connectivity index (χ3n) is 6.19. The van der Waals surface area contributed by atoms with Crippen LogP contribution in [0.25, 0.3) is 0 Å². The Kier molecular flexibility index (Phi) is 4.16. The summed E-state index contributed by atoms with van der Waals surface area (Å²) in [5, 5.41) is 19.1. The number of aryl methyl sites for hydroxylation is 1. The van der Waals surface area contributed by atoms with E-state index in [1.54, 1.807) is 0 Å². The van der Waals surface area contributed by atoms with Gasteiger partial charge in [0.05, 0.1) is 6.61 Å². The quantitative estimate of drug-likeness (QED) is 0.817. The molecule has 136 valence electrons. The molecule has 25 heavy (non-hydrogen) atoms. The van der Waals surface area contributed by atoms with E-state index in [4.69, 9.17) is 10.1 Å². The normalized spacial score (nSPS) is 29.7. The molecular weight excluding hydrogens is 320 g/mol. The van der Waals surface area contributed by atoms with Crippen LogP contribution in [0.5, 0.6) is 0 Å². The van der Waals surface area contributed by atoms with Crippen molar-refractivity contribution in [2.24, 2.45) is 11.3 Å². The summed E-state index contributed by atoms with van der Waals surface area (Å²) in [5.74, 6) is 0.529. The van der Waals surface area contributed by atoms with Crippen LogP contribution < -0.4 is 4.90 Å². The summed E-state index contributed by atoms with van der Waals surface area (Å²) < 4.78 is 0. The maximum atomic E-state index is 12.1. The first-order valence-corrected chi connectivity index (χ1v) is 9.19. The maximum absolute atomic E-state index is 12.1. The predicted molar refractivity (Wildman–Crippen MR) is 92.7 cm³/mol. The minimum Gasteiger partial charge on any atom is -0.481 e. The molecule has 0 bridgehead atoms. The predicted octanol–water partition coefficient (Wildman–Crippen LogP) is 0.868. The van der Waals surface area contributed by atoms with Gasteiger partial charge in [-0.05, 0) is 25.8 Å². The average Bonchev–Trinajstić information content (AvgIpc) is 3.00. The molecule has 1 aliphatic carbocycles. The number of aliphatic carboxylic acids is 1. The molecule has 0 radical (unpaired) electrons. The summed E-state index contributed by atoms with van der Waals surface area (Å²) in [6.45, 7) is 4.91. The minimum atomic E-state index is -0.779. The number of nitrogens with zero attached hydrogens (tertiary/aromatic N) is 4. The zero-order valence-electron chi connectivity index (χ0n) is 14.7. The number of aliphatic hydroxyl groups is 1. The van der Waals surface area contributed by atoms with Crippen LogP contribution in [0, 0.1) is 18.3 Å². The molecule has 3 fully saturated rings. The number of hydrogen-bond acceptors (Lipinski definition) is 6. The van der Waals surface area contributed by atoms with E-state index in [2.05, 4.69) is 20.9 Å². The van der Waals surface area contributed by atoms with E-state index in [0.29, 0.717) is 44.6 Å². The second-order valence-electron chi connectivity index (χ2n) is 7.86. The van der Waals surface area contributed by atoms with Crippen LogP contribution in [0.3, 0.4) is 0 Å². The van der Waals surface area contributed by atoms with Crippen molar-refractivity contribution in [1.29, 1.82) is 0 Å². The molecule has 4 rings (SSSR count). The first-order chi connectivity index (χ1) is 12.0. The Balaban J connectivity index is 1.58. The van der Waals surface area contributed by atoms with Gasteiger partial charge in [0, 0.05) is 55.9 Å². The number of rotatable bonds is 5. The highest BCUT2D eigenvalue weighted by Crippen LogP contribution is 2.44. The molecule has 7 nitrogen and oxygen atoms in total. The molecule has 1 aromatic rings. The lowest BCUT2D eigenvalue weighted by Crippen LogP contribution is -2.41. The molecule has 2 atom stereocenters. The Hall–Kier alpha value is -1.73. The fourth-order valence-corrected chi connectivity index (χ4v) is 4.57. The van der Waals surface area contributed by atoms with Crippen molar-refractivity contribution in [3.63, 3.8) is 0 Å². The van der Waals surface area contributed by atoms with E-state index < -0.39 is 11.4 Å². The van der Waals surface area contributed by atoms with Gasteiger partial charge < -0.3 is 15.1 Å². The van der Waals surface area contributed by atoms with Crippen molar-refractivity contribution >= 4 is 11.9 Å². The SMILES string of the molecule is Cc1cc(C2CCC2)nc(N2CC3CN(CCO)CC3(C(=O)O)C2)n1. The average molecular weight is 346 g/mol. The van der Waals surface area contributed by atoms with E-state index in [0.717, 1.165) is 11.4 Å². The number of carboxylic acids is 1. The molecule has 7 heteroatoms. The molecule has 2 saturated heterocycles. The van der Waals surface area contributed by atoms with Crippen molar-refractivity contribution in [1.82, 2.24) is 14.9 Å². The van der Waals surface area contributed by atoms with Crippen LogP contribution in [-0.4, -0.2) is 70.4 Å². The molecule has 1 aromatic heterocycles. The number of likely N-dealkylation sites (tertiary alicyclic amines) is 1. The van der Waals surface area contributed by atoms with E-state index in [9.17, 15) is 9.90 Å². The minimum absolute atomic E-state index is 0.0489. The van der Waals surface area contributed by atoms with Crippen molar-refractivity contribution < 1.29 is 15.0 Å². The van der Waals surface area contributed by atoms with Gasteiger partial charge in [0.1, 0.15) is 5.41 Å². The van der Waals surface area contributed by atoms with Gasteiger partial charge in [-0.2, -0.15) is 0 Å². The molecule has 3 heterocycles. The summed E-state index contributed by atoms with van der Waals surface area (Å²) >= 11 is 0. The van der Waals surface area contributed by atoms with Crippen molar-refractivity contribution in [3.05, 3.63) is 17.5 Å². The number of fused-ring (bicyclic) bond motifs is 1. The summed E-state index contributed by atoms with van der Waals surface area (Å²) in [6, 6.07) is 2.07. The number of carboxylic acid groups (broad SMARTS) is 1. The van der Waals surface area contributed by atoms with E-state index in [1.165, 1.54) is 19.3 Å². The van der Waals surface area contributed by atoms with Gasteiger partial charge in [-0.15, -0.1) is 0 Å². The summed E-state index contributed by atoms with van der Waals surface area (Å²) in [4.78, 5) is 25.6. The maximum Gasteiger partial charge on any atom is 0.313 e. The van der Waals surface area contributed by atoms with Crippen molar-refractivity contribution in [3.8, 4) is 0 Å². The molecule has 0 spiro atoms. The van der Waals surface area contributed by atoms with Gasteiger partial charge in [0.15, 0.2) is 0 Å². The lowest BCUT2D eigenvalue weighted by molar-refractivity contribution is -0.148. The first kappa shape index (κ1) is 16.7. The van der Waals surface area contributed by atoms with Gasteiger partial charge in [-0.3, -0.25) is 9.69 Å². The van der Waals surface area contributed by atoms with E-state index >= 15 is 0 Å². The standard InChI is InChI=1S/C18H26N4O3/c1-12-7-15(13-3-2-4-13)20-17(19-12)22-9-14-8-21(5-6-23)10-18(14,11-22)16(24)25/h7,13-14,23H,2-6,8-11H2,1H3,(H,24,25). The lowest BCUT2D eigenvalue weighted by atomic mass is 9.81. The first-order valence-electron chi connectivity index (χ1n) is 9.19. The fourth-order valence-electron chi connectivity index (χ4n) is 4.57. The van der Waals surface area contributed by atoms with Crippen molar-refractivity contribution in [2.75, 3.05) is 44.2 Å². The number of aliphatic hydroxyl groups excluding tert-OH is 1. The molecule has 0 amide bonds. The second-order valence-corrected chi connectivity index (χ2v) is 7.86. The molecule has 2 aliphatic heterocycles. The molecule has 3 aliphatic rings. The largest absolute Gasteiger partial charge is 0.481 e. The monoisotopic (exact) mass is 346 g/mol. The lowest BCUT2D eigenvalue weighted by Gasteiger charge is -2.28. The molecule has 2 N–H and O–H groups in total. The highest BCUT2D eigenvalue weighted by Gasteiger charge is 2.58. The third-order valence-corrected chi connectivity index (χ3v) is 6.19. The molecule has 2 unspecified atom stereocenters. The number of aromatic nitrogens is 2. The fraction of sp³-hybridized carbons (Fsp3) is 0.722. The summed E-state index contributed by atoms with van der Waals surface area (Å²) in [5.41, 5.74) is 1.28. The highest BCUT2D eigenvalue weighted by molar-refractivity contribution is 5.78. The topological polar surface area (TPSA) is 89.8 Å². The van der Waals surface area contributed by atoms with E-state index in [-0.39, 0.29) is 12.5 Å².